The van der Waals surface area contributed by atoms with Gasteiger partial charge in [-0.25, -0.2) is 4.39 Å². The first-order valence-electron chi connectivity index (χ1n) is 10.0. The third kappa shape index (κ3) is 4.96. The number of amides is 1. The van der Waals surface area contributed by atoms with E-state index in [1.165, 1.54) is 29.0 Å². The first-order valence-corrected chi connectivity index (χ1v) is 11.0. The fourth-order valence-corrected chi connectivity index (χ4v) is 4.34. The Labute approximate surface area is 184 Å². The van der Waals surface area contributed by atoms with Crippen LogP contribution in [0.3, 0.4) is 0 Å². The van der Waals surface area contributed by atoms with E-state index < -0.39 is 5.82 Å². The van der Waals surface area contributed by atoms with Crippen molar-refractivity contribution in [3.05, 3.63) is 84.0 Å². The van der Waals surface area contributed by atoms with Crippen molar-refractivity contribution in [2.45, 2.75) is 31.3 Å². The SMILES string of the molecule is C=CCn1c(COc2ccccc2F)nnc1SCC(=O)N1CCc2ccccc2C1. The van der Waals surface area contributed by atoms with Gasteiger partial charge in [-0.2, -0.15) is 0 Å². The van der Waals surface area contributed by atoms with Gasteiger partial charge in [-0.05, 0) is 29.7 Å². The highest BCUT2D eigenvalue weighted by molar-refractivity contribution is 7.99. The normalized spacial score (nSPS) is 13.0. The van der Waals surface area contributed by atoms with Crippen LogP contribution in [0.5, 0.6) is 5.75 Å². The molecule has 4 rings (SSSR count). The van der Waals surface area contributed by atoms with E-state index in [4.69, 9.17) is 4.74 Å². The number of thioether (sulfide) groups is 1. The van der Waals surface area contributed by atoms with Gasteiger partial charge in [-0.1, -0.05) is 54.2 Å². The maximum absolute atomic E-state index is 13.8. The summed E-state index contributed by atoms with van der Waals surface area (Å²) in [5.41, 5.74) is 2.51. The largest absolute Gasteiger partial charge is 0.483 e. The number of aromatic nitrogens is 3. The summed E-state index contributed by atoms with van der Waals surface area (Å²) in [5, 5.41) is 8.99. The number of fused-ring (bicyclic) bond motifs is 1. The van der Waals surface area contributed by atoms with Crippen LogP contribution < -0.4 is 4.74 Å². The molecular weight excluding hydrogens is 415 g/mol. The van der Waals surface area contributed by atoms with Crippen molar-refractivity contribution in [3.63, 3.8) is 0 Å². The van der Waals surface area contributed by atoms with Crippen LogP contribution >= 0.6 is 11.8 Å². The third-order valence-corrected chi connectivity index (χ3v) is 6.06. The lowest BCUT2D eigenvalue weighted by Crippen LogP contribution is -2.37. The molecule has 0 bridgehead atoms. The topological polar surface area (TPSA) is 60.2 Å². The highest BCUT2D eigenvalue weighted by Crippen LogP contribution is 2.23. The van der Waals surface area contributed by atoms with Crippen molar-refractivity contribution in [1.82, 2.24) is 19.7 Å². The van der Waals surface area contributed by atoms with E-state index in [-0.39, 0.29) is 24.0 Å². The Bertz CT molecular complexity index is 1080. The molecule has 3 aromatic rings. The van der Waals surface area contributed by atoms with E-state index in [2.05, 4.69) is 28.9 Å². The maximum atomic E-state index is 13.8. The lowest BCUT2D eigenvalue weighted by atomic mass is 10.00. The molecule has 31 heavy (non-hydrogen) atoms. The van der Waals surface area contributed by atoms with Gasteiger partial charge < -0.3 is 9.64 Å². The van der Waals surface area contributed by atoms with E-state index in [9.17, 15) is 9.18 Å². The van der Waals surface area contributed by atoms with Gasteiger partial charge in [-0.15, -0.1) is 16.8 Å². The first-order chi connectivity index (χ1) is 15.2. The maximum Gasteiger partial charge on any atom is 0.233 e. The van der Waals surface area contributed by atoms with Crippen LogP contribution in [0.1, 0.15) is 17.0 Å². The molecular formula is C23H23FN4O2S. The van der Waals surface area contributed by atoms with Gasteiger partial charge in [0.25, 0.3) is 0 Å². The molecule has 0 unspecified atom stereocenters. The summed E-state index contributed by atoms with van der Waals surface area (Å²) >= 11 is 1.34. The number of hydrogen-bond donors (Lipinski definition) is 0. The van der Waals surface area contributed by atoms with Crippen LogP contribution in [0.4, 0.5) is 4.39 Å². The van der Waals surface area contributed by atoms with Crippen molar-refractivity contribution < 1.29 is 13.9 Å². The van der Waals surface area contributed by atoms with Gasteiger partial charge in [0, 0.05) is 19.6 Å². The fraction of sp³-hybridized carbons (Fsp3) is 0.261. The summed E-state index contributed by atoms with van der Waals surface area (Å²) in [7, 11) is 0. The molecule has 1 aromatic heterocycles. The van der Waals surface area contributed by atoms with Crippen molar-refractivity contribution >= 4 is 17.7 Å². The predicted octanol–water partition coefficient (Wildman–Crippen LogP) is 3.86. The monoisotopic (exact) mass is 438 g/mol. The van der Waals surface area contributed by atoms with Crippen LogP contribution in [0.25, 0.3) is 0 Å². The summed E-state index contributed by atoms with van der Waals surface area (Å²) in [6.45, 7) is 5.67. The van der Waals surface area contributed by atoms with Gasteiger partial charge in [0.2, 0.25) is 5.91 Å². The van der Waals surface area contributed by atoms with Crippen molar-refractivity contribution in [2.24, 2.45) is 0 Å². The molecule has 0 saturated heterocycles. The van der Waals surface area contributed by atoms with Gasteiger partial charge in [0.05, 0.1) is 5.75 Å². The molecule has 1 aliphatic rings. The molecule has 0 N–H and O–H groups in total. The minimum Gasteiger partial charge on any atom is -0.483 e. The number of halogens is 1. The minimum absolute atomic E-state index is 0.0665. The first kappa shape index (κ1) is 21.1. The second-order valence-electron chi connectivity index (χ2n) is 7.14. The Kier molecular flexibility index (Phi) is 6.66. The van der Waals surface area contributed by atoms with Crippen molar-refractivity contribution in [3.8, 4) is 5.75 Å². The molecule has 0 saturated carbocycles. The highest BCUT2D eigenvalue weighted by Gasteiger charge is 2.22. The average Bonchev–Trinajstić information content (AvgIpc) is 3.18. The molecule has 1 aliphatic heterocycles. The average molecular weight is 439 g/mol. The zero-order valence-corrected chi connectivity index (χ0v) is 17.9. The molecule has 8 heteroatoms. The number of nitrogens with zero attached hydrogens (tertiary/aromatic N) is 4. The quantitative estimate of drug-likeness (QED) is 0.395. The van der Waals surface area contributed by atoms with Crippen molar-refractivity contribution in [1.29, 1.82) is 0 Å². The van der Waals surface area contributed by atoms with E-state index in [1.807, 2.05) is 21.6 Å². The highest BCUT2D eigenvalue weighted by atomic mass is 32.2. The number of allylic oxidation sites excluding steroid dienone is 1. The van der Waals surface area contributed by atoms with Crippen LogP contribution in [0.2, 0.25) is 0 Å². The third-order valence-electron chi connectivity index (χ3n) is 5.11. The second kappa shape index (κ2) is 9.78. The van der Waals surface area contributed by atoms with Crippen molar-refractivity contribution in [2.75, 3.05) is 12.3 Å². The summed E-state index contributed by atoms with van der Waals surface area (Å²) < 4.78 is 21.2. The zero-order valence-electron chi connectivity index (χ0n) is 17.0. The number of carbonyl (C=O) groups is 1. The van der Waals surface area contributed by atoms with Gasteiger partial charge >= 0.3 is 0 Å². The molecule has 0 spiro atoms. The summed E-state index contributed by atoms with van der Waals surface area (Å²) in [6.07, 6.45) is 2.60. The molecule has 2 heterocycles. The molecule has 160 valence electrons. The van der Waals surface area contributed by atoms with E-state index in [0.717, 1.165) is 13.0 Å². The number of ether oxygens (including phenoxy) is 1. The number of carbonyl (C=O) groups excluding carboxylic acids is 1. The van der Waals surface area contributed by atoms with E-state index in [1.54, 1.807) is 24.3 Å². The lowest BCUT2D eigenvalue weighted by Gasteiger charge is -2.28. The summed E-state index contributed by atoms with van der Waals surface area (Å²) in [4.78, 5) is 14.6. The Morgan fingerprint density at radius 2 is 1.94 bits per heavy atom. The Hall–Kier alpha value is -3.13. The van der Waals surface area contributed by atoms with E-state index >= 15 is 0 Å². The minimum atomic E-state index is -0.430. The molecule has 0 aliphatic carbocycles. The van der Waals surface area contributed by atoms with Gasteiger partial charge in [0.15, 0.2) is 22.5 Å². The fourth-order valence-electron chi connectivity index (χ4n) is 3.48. The molecule has 6 nitrogen and oxygen atoms in total. The smallest absolute Gasteiger partial charge is 0.233 e. The Morgan fingerprint density at radius 1 is 1.16 bits per heavy atom. The van der Waals surface area contributed by atoms with Crippen LogP contribution in [-0.4, -0.2) is 37.9 Å². The molecule has 0 atom stereocenters. The van der Waals surface area contributed by atoms with Crippen LogP contribution in [0.15, 0.2) is 66.3 Å². The number of para-hydroxylation sites is 1. The number of hydrogen-bond acceptors (Lipinski definition) is 5. The molecule has 2 aromatic carbocycles. The number of benzene rings is 2. The van der Waals surface area contributed by atoms with Gasteiger partial charge in [-0.3, -0.25) is 9.36 Å². The van der Waals surface area contributed by atoms with E-state index in [0.29, 0.717) is 24.1 Å². The van der Waals surface area contributed by atoms with Gasteiger partial charge in [0.1, 0.15) is 6.61 Å². The Balaban J connectivity index is 1.38. The lowest BCUT2D eigenvalue weighted by molar-refractivity contribution is -0.129. The predicted molar refractivity (Wildman–Crippen MR) is 117 cm³/mol. The second-order valence-corrected chi connectivity index (χ2v) is 8.08. The summed E-state index contributed by atoms with van der Waals surface area (Å²) in [5.74, 6) is 0.610. The molecule has 0 fully saturated rings. The standard InChI is InChI=1S/C23H23FN4O2S/c1-2-12-28-21(15-30-20-10-6-5-9-19(20)24)25-26-23(28)31-16-22(29)27-13-11-17-7-3-4-8-18(17)14-27/h2-10H,1,11-16H2. The molecule has 1 amide bonds. The van der Waals surface area contributed by atoms with Crippen LogP contribution in [-0.2, 0) is 30.9 Å². The van der Waals surface area contributed by atoms with Crippen LogP contribution in [0, 0.1) is 5.82 Å². The zero-order chi connectivity index (χ0) is 21.6. The Morgan fingerprint density at radius 3 is 2.74 bits per heavy atom. The molecule has 0 radical (unpaired) electrons. The number of rotatable bonds is 8. The summed E-state index contributed by atoms with van der Waals surface area (Å²) in [6, 6.07) is 14.5.